The number of hydrogen-bond donors (Lipinski definition) is 2. The Labute approximate surface area is 237 Å². The Morgan fingerprint density at radius 1 is 1.18 bits per heavy atom. The molecule has 0 amide bonds. The van der Waals surface area contributed by atoms with Crippen LogP contribution in [0.4, 0.5) is 5.69 Å². The van der Waals surface area contributed by atoms with Gasteiger partial charge in [-0.3, -0.25) is 0 Å². The number of aromatic nitrogens is 4. The number of fused-ring (bicyclic) bond motifs is 2. The number of benzene rings is 1. The van der Waals surface area contributed by atoms with Crippen LogP contribution in [0.1, 0.15) is 35.9 Å². The van der Waals surface area contributed by atoms with E-state index in [2.05, 4.69) is 85.8 Å². The summed E-state index contributed by atoms with van der Waals surface area (Å²) in [6.45, 7) is 8.99. The monoisotopic (exact) mass is 611 g/mol. The molecule has 5 heterocycles. The van der Waals surface area contributed by atoms with E-state index in [9.17, 15) is 8.42 Å². The van der Waals surface area contributed by atoms with Gasteiger partial charge in [0.15, 0.2) is 5.65 Å². The second-order valence-corrected chi connectivity index (χ2v) is 13.8. The van der Waals surface area contributed by atoms with Gasteiger partial charge in [0.2, 0.25) is 10.0 Å². The van der Waals surface area contributed by atoms with E-state index in [-0.39, 0.29) is 11.8 Å². The molecule has 1 aromatic carbocycles. The first kappa shape index (κ1) is 26.5. The molecule has 206 valence electrons. The predicted molar refractivity (Wildman–Crippen MR) is 159 cm³/mol. The van der Waals surface area contributed by atoms with Gasteiger partial charge in [-0.05, 0) is 85.9 Å². The van der Waals surface area contributed by atoms with Gasteiger partial charge in [0.05, 0.1) is 15.9 Å². The summed E-state index contributed by atoms with van der Waals surface area (Å²) in [6.07, 6.45) is 3.58. The molecule has 0 bridgehead atoms. The molecule has 6 rings (SSSR count). The van der Waals surface area contributed by atoms with Crippen LogP contribution in [0.5, 0.6) is 0 Å². The van der Waals surface area contributed by atoms with Crippen molar-refractivity contribution in [2.45, 2.75) is 46.2 Å². The first-order valence-electron chi connectivity index (χ1n) is 13.4. The highest BCUT2D eigenvalue weighted by Crippen LogP contribution is 2.35. The lowest BCUT2D eigenvalue weighted by Gasteiger charge is -2.25. The average molecular weight is 613 g/mol. The minimum absolute atomic E-state index is 0.00749. The van der Waals surface area contributed by atoms with Gasteiger partial charge in [0.1, 0.15) is 11.3 Å². The molecule has 2 aliphatic rings. The number of hydrogen-bond acceptors (Lipinski definition) is 6. The number of likely N-dealkylation sites (N-methyl/N-ethyl adjacent to an activating group) is 1. The molecule has 0 saturated carbocycles. The summed E-state index contributed by atoms with van der Waals surface area (Å²) in [5.74, 6) is 0.880. The highest BCUT2D eigenvalue weighted by Gasteiger charge is 2.31. The number of aromatic amines is 1. The standard InChI is InChI=1S/C28H34BrN7O2S/c1-5-39(37,38)35-11-9-21(16-35)31-25-24(29)14-30-28-26(25)32-27(33-28)23-12-17(2)36(18(23)3)22-7-6-19-8-10-34(4)15-20(19)13-22/h6-7,12-14,21H,5,8-11,15-16H2,1-4H3,(H2,30,31,32,33)/t21-/m0/s1. The summed E-state index contributed by atoms with van der Waals surface area (Å²) in [5, 5.41) is 3.56. The van der Waals surface area contributed by atoms with Crippen molar-refractivity contribution in [1.82, 2.24) is 28.7 Å². The number of sulfonamides is 1. The quantitative estimate of drug-likeness (QED) is 0.330. The molecule has 3 aromatic heterocycles. The van der Waals surface area contributed by atoms with E-state index >= 15 is 0 Å². The molecule has 1 saturated heterocycles. The second-order valence-electron chi connectivity index (χ2n) is 10.7. The van der Waals surface area contributed by atoms with Gasteiger partial charge in [-0.2, -0.15) is 4.31 Å². The third-order valence-electron chi connectivity index (χ3n) is 8.07. The van der Waals surface area contributed by atoms with Crippen LogP contribution in [0, 0.1) is 13.8 Å². The lowest BCUT2D eigenvalue weighted by molar-refractivity contribution is 0.313. The average Bonchev–Trinajstić information content (AvgIpc) is 3.63. The van der Waals surface area contributed by atoms with Crippen LogP contribution < -0.4 is 5.32 Å². The molecule has 2 N–H and O–H groups in total. The Balaban J connectivity index is 1.33. The van der Waals surface area contributed by atoms with Crippen molar-refractivity contribution in [3.63, 3.8) is 0 Å². The van der Waals surface area contributed by atoms with Gasteiger partial charge in [-0.1, -0.05) is 6.07 Å². The summed E-state index contributed by atoms with van der Waals surface area (Å²) >= 11 is 3.64. The number of aryl methyl sites for hydroxylation is 1. The number of nitrogens with one attached hydrogen (secondary N) is 2. The van der Waals surface area contributed by atoms with Crippen molar-refractivity contribution in [2.75, 3.05) is 37.8 Å². The minimum Gasteiger partial charge on any atom is -0.378 e. The summed E-state index contributed by atoms with van der Waals surface area (Å²) < 4.78 is 29.4. The smallest absolute Gasteiger partial charge is 0.213 e. The Bertz CT molecular complexity index is 1680. The normalized spacial score (nSPS) is 18.6. The van der Waals surface area contributed by atoms with Crippen molar-refractivity contribution >= 4 is 42.8 Å². The van der Waals surface area contributed by atoms with Crippen LogP contribution in [0.3, 0.4) is 0 Å². The Kier molecular flexibility index (Phi) is 6.81. The molecular weight excluding hydrogens is 578 g/mol. The largest absolute Gasteiger partial charge is 0.378 e. The molecule has 0 unspecified atom stereocenters. The molecule has 0 radical (unpaired) electrons. The number of halogens is 1. The van der Waals surface area contributed by atoms with Crippen LogP contribution in [-0.2, 0) is 23.0 Å². The van der Waals surface area contributed by atoms with Gasteiger partial charge in [0.25, 0.3) is 0 Å². The first-order valence-corrected chi connectivity index (χ1v) is 15.8. The summed E-state index contributed by atoms with van der Waals surface area (Å²) in [6, 6.07) is 8.99. The molecular formula is C28H34BrN7O2S. The number of H-pyrrole nitrogens is 1. The van der Waals surface area contributed by atoms with Gasteiger partial charge < -0.3 is 19.8 Å². The summed E-state index contributed by atoms with van der Waals surface area (Å²) in [5.41, 5.74) is 9.55. The van der Waals surface area contributed by atoms with Gasteiger partial charge in [-0.25, -0.2) is 18.4 Å². The number of rotatable bonds is 6. The molecule has 9 nitrogen and oxygen atoms in total. The van der Waals surface area contributed by atoms with Crippen LogP contribution in [0.25, 0.3) is 28.2 Å². The maximum atomic E-state index is 12.3. The number of nitrogens with zero attached hydrogens (tertiary/aromatic N) is 5. The molecule has 39 heavy (non-hydrogen) atoms. The van der Waals surface area contributed by atoms with Crippen molar-refractivity contribution in [1.29, 1.82) is 0 Å². The molecule has 0 spiro atoms. The highest BCUT2D eigenvalue weighted by molar-refractivity contribution is 9.10. The van der Waals surface area contributed by atoms with E-state index in [0.29, 0.717) is 18.7 Å². The predicted octanol–water partition coefficient (Wildman–Crippen LogP) is 4.62. The lowest BCUT2D eigenvalue weighted by atomic mass is 9.99. The molecule has 0 aliphatic carbocycles. The number of anilines is 1. The fourth-order valence-corrected chi connectivity index (χ4v) is 7.48. The fourth-order valence-electron chi connectivity index (χ4n) is 5.91. The molecule has 2 aliphatic heterocycles. The molecule has 1 atom stereocenters. The van der Waals surface area contributed by atoms with Gasteiger partial charge in [-0.15, -0.1) is 0 Å². The van der Waals surface area contributed by atoms with E-state index in [0.717, 1.165) is 70.1 Å². The molecule has 11 heteroatoms. The molecule has 1 fully saturated rings. The first-order chi connectivity index (χ1) is 18.6. The topological polar surface area (TPSA) is 99.2 Å². The van der Waals surface area contributed by atoms with Crippen molar-refractivity contribution in [3.8, 4) is 17.1 Å². The van der Waals surface area contributed by atoms with E-state index in [4.69, 9.17) is 4.98 Å². The maximum Gasteiger partial charge on any atom is 0.213 e. The highest BCUT2D eigenvalue weighted by atomic mass is 79.9. The maximum absolute atomic E-state index is 12.3. The Morgan fingerprint density at radius 3 is 2.79 bits per heavy atom. The van der Waals surface area contributed by atoms with Crippen LogP contribution in [0.15, 0.2) is 34.9 Å². The Morgan fingerprint density at radius 2 is 2.00 bits per heavy atom. The van der Waals surface area contributed by atoms with E-state index in [1.807, 2.05) is 0 Å². The summed E-state index contributed by atoms with van der Waals surface area (Å²) in [7, 11) is -1.03. The molecule has 4 aromatic rings. The lowest BCUT2D eigenvalue weighted by Crippen LogP contribution is -2.32. The zero-order valence-corrected chi connectivity index (χ0v) is 25.2. The van der Waals surface area contributed by atoms with Crippen molar-refractivity contribution in [3.05, 3.63) is 57.4 Å². The van der Waals surface area contributed by atoms with Crippen LogP contribution in [0.2, 0.25) is 0 Å². The van der Waals surface area contributed by atoms with Crippen molar-refractivity contribution in [2.24, 2.45) is 0 Å². The number of imidazole rings is 1. The van der Waals surface area contributed by atoms with Gasteiger partial charge >= 0.3 is 0 Å². The zero-order valence-electron chi connectivity index (χ0n) is 22.8. The third-order valence-corrected chi connectivity index (χ3v) is 10.5. The van der Waals surface area contributed by atoms with E-state index in [1.54, 1.807) is 17.4 Å². The SMILES string of the molecule is CCS(=O)(=O)N1CC[C@H](Nc2c(Br)cnc3nc(-c4cc(C)n(-c5ccc6c(c5)CN(C)CC6)c4C)[nH]c23)C1. The van der Waals surface area contributed by atoms with Crippen LogP contribution >= 0.6 is 15.9 Å². The third kappa shape index (κ3) is 4.79. The fraction of sp³-hybridized carbons (Fsp3) is 0.429. The van der Waals surface area contributed by atoms with E-state index in [1.165, 1.54) is 11.1 Å². The van der Waals surface area contributed by atoms with E-state index < -0.39 is 10.0 Å². The summed E-state index contributed by atoms with van der Waals surface area (Å²) in [4.78, 5) is 15.3. The Hall–Kier alpha value is -2.73. The zero-order chi connectivity index (χ0) is 27.5. The van der Waals surface area contributed by atoms with Crippen molar-refractivity contribution < 1.29 is 8.42 Å². The number of pyridine rings is 1. The second kappa shape index (κ2) is 10.0. The minimum atomic E-state index is -3.20. The van der Waals surface area contributed by atoms with Crippen LogP contribution in [-0.4, -0.2) is 75.6 Å². The van der Waals surface area contributed by atoms with Gasteiger partial charge in [0, 0.05) is 61.1 Å².